The molecular weight excluding hydrogens is 288 g/mol. The lowest BCUT2D eigenvalue weighted by molar-refractivity contribution is -0.125. The average molecular weight is 306 g/mol. The molecule has 7 heteroatoms. The summed E-state index contributed by atoms with van der Waals surface area (Å²) < 4.78 is 1.14. The van der Waals surface area contributed by atoms with Gasteiger partial charge in [0, 0.05) is 12.5 Å². The molecule has 0 spiro atoms. The Kier molecular flexibility index (Phi) is 5.24. The van der Waals surface area contributed by atoms with Crippen molar-refractivity contribution in [3.63, 3.8) is 0 Å². The summed E-state index contributed by atoms with van der Waals surface area (Å²) in [6.07, 6.45) is 0.663. The van der Waals surface area contributed by atoms with Gasteiger partial charge in [-0.05, 0) is 19.1 Å². The maximum Gasteiger partial charge on any atom is 0.239 e. The first-order valence-corrected chi connectivity index (χ1v) is 7.50. The molecule has 21 heavy (non-hydrogen) atoms. The summed E-state index contributed by atoms with van der Waals surface area (Å²) >= 11 is 1.63. The van der Waals surface area contributed by atoms with Crippen LogP contribution in [0.15, 0.2) is 24.3 Å². The second-order valence-electron chi connectivity index (χ2n) is 4.73. The van der Waals surface area contributed by atoms with E-state index in [9.17, 15) is 9.59 Å². The zero-order valence-corrected chi connectivity index (χ0v) is 12.6. The zero-order valence-electron chi connectivity index (χ0n) is 11.8. The molecule has 1 unspecified atom stereocenters. The first-order chi connectivity index (χ1) is 10.1. The molecule has 4 N–H and O–H groups in total. The molecule has 2 rings (SSSR count). The van der Waals surface area contributed by atoms with Crippen molar-refractivity contribution >= 4 is 33.4 Å². The Hall–Kier alpha value is -1.99. The molecule has 1 heterocycles. The van der Waals surface area contributed by atoms with Crippen molar-refractivity contribution in [2.75, 3.05) is 13.1 Å². The Morgan fingerprint density at radius 3 is 2.81 bits per heavy atom. The minimum Gasteiger partial charge on any atom is -0.352 e. The van der Waals surface area contributed by atoms with Gasteiger partial charge in [0.25, 0.3) is 0 Å². The van der Waals surface area contributed by atoms with Crippen LogP contribution in [0.25, 0.3) is 10.2 Å². The van der Waals surface area contributed by atoms with Crippen molar-refractivity contribution in [3.8, 4) is 0 Å². The summed E-state index contributed by atoms with van der Waals surface area (Å²) in [6.45, 7) is 1.74. The van der Waals surface area contributed by atoms with E-state index in [0.717, 1.165) is 15.2 Å². The number of amides is 2. The van der Waals surface area contributed by atoms with Gasteiger partial charge in [0.15, 0.2) is 0 Å². The van der Waals surface area contributed by atoms with Crippen molar-refractivity contribution in [3.05, 3.63) is 29.3 Å². The van der Waals surface area contributed by atoms with E-state index in [1.165, 1.54) is 0 Å². The number of fused-ring (bicyclic) bond motifs is 1. The second-order valence-corrected chi connectivity index (χ2v) is 5.84. The molecule has 1 aromatic heterocycles. The Morgan fingerprint density at radius 1 is 1.33 bits per heavy atom. The minimum atomic E-state index is -0.344. The van der Waals surface area contributed by atoms with Gasteiger partial charge < -0.3 is 16.4 Å². The Bertz CT molecular complexity index is 608. The molecule has 112 valence electrons. The van der Waals surface area contributed by atoms with Crippen LogP contribution in [0.2, 0.25) is 0 Å². The molecule has 0 bridgehead atoms. The number of carbonyl (C=O) groups is 2. The molecule has 2 amide bonds. The molecule has 0 radical (unpaired) electrons. The predicted molar refractivity (Wildman–Crippen MR) is 83.0 cm³/mol. The number of benzene rings is 1. The molecule has 0 aliphatic rings. The number of hydrogen-bond acceptors (Lipinski definition) is 5. The van der Waals surface area contributed by atoms with Crippen LogP contribution in [0.5, 0.6) is 0 Å². The van der Waals surface area contributed by atoms with E-state index in [2.05, 4.69) is 15.6 Å². The molecule has 1 atom stereocenters. The maximum atomic E-state index is 11.7. The van der Waals surface area contributed by atoms with Crippen molar-refractivity contribution < 1.29 is 9.59 Å². The molecule has 2 aromatic rings. The highest BCUT2D eigenvalue weighted by Crippen LogP contribution is 2.22. The van der Waals surface area contributed by atoms with E-state index >= 15 is 0 Å². The lowest BCUT2D eigenvalue weighted by atomic mass is 10.2. The van der Waals surface area contributed by atoms with E-state index in [1.807, 2.05) is 31.2 Å². The molecule has 0 aliphatic carbocycles. The summed E-state index contributed by atoms with van der Waals surface area (Å²) in [5.74, 6) is -0.575. The smallest absolute Gasteiger partial charge is 0.239 e. The number of rotatable bonds is 6. The summed E-state index contributed by atoms with van der Waals surface area (Å²) in [4.78, 5) is 27.1. The number of nitrogens with zero attached hydrogens (tertiary/aromatic N) is 1. The van der Waals surface area contributed by atoms with E-state index in [-0.39, 0.29) is 30.9 Å². The number of thiazole rings is 1. The van der Waals surface area contributed by atoms with Crippen LogP contribution in [-0.2, 0) is 16.0 Å². The molecule has 6 nitrogen and oxygen atoms in total. The summed E-state index contributed by atoms with van der Waals surface area (Å²) in [6, 6.07) is 7.89. The number of aromatic nitrogens is 1. The largest absolute Gasteiger partial charge is 0.352 e. The highest BCUT2D eigenvalue weighted by Gasteiger charge is 2.11. The highest BCUT2D eigenvalue weighted by atomic mass is 32.1. The fourth-order valence-corrected chi connectivity index (χ4v) is 2.99. The van der Waals surface area contributed by atoms with Crippen molar-refractivity contribution in [2.45, 2.75) is 19.4 Å². The molecule has 1 aromatic carbocycles. The van der Waals surface area contributed by atoms with Crippen LogP contribution in [0.3, 0.4) is 0 Å². The summed E-state index contributed by atoms with van der Waals surface area (Å²) in [7, 11) is 0. The van der Waals surface area contributed by atoms with Crippen LogP contribution in [0.1, 0.15) is 11.9 Å². The number of hydrogen-bond donors (Lipinski definition) is 3. The van der Waals surface area contributed by atoms with Crippen LogP contribution in [-0.4, -0.2) is 35.9 Å². The van der Waals surface area contributed by atoms with Crippen LogP contribution < -0.4 is 16.4 Å². The SMILES string of the molecule is CC(Cc1nc2ccccc2s1)NC(=O)CNC(=O)CN. The quantitative estimate of drug-likeness (QED) is 0.720. The number of carbonyl (C=O) groups excluding carboxylic acids is 2. The molecule has 0 aliphatic heterocycles. The van der Waals surface area contributed by atoms with Gasteiger partial charge in [0.05, 0.1) is 28.3 Å². The molecule has 0 fully saturated rings. The first-order valence-electron chi connectivity index (χ1n) is 6.69. The third-order valence-electron chi connectivity index (χ3n) is 2.86. The summed E-state index contributed by atoms with van der Waals surface area (Å²) in [5.41, 5.74) is 6.13. The second kappa shape index (κ2) is 7.14. The van der Waals surface area contributed by atoms with Crippen LogP contribution in [0, 0.1) is 0 Å². The van der Waals surface area contributed by atoms with Gasteiger partial charge in [-0.1, -0.05) is 12.1 Å². The van der Waals surface area contributed by atoms with Crippen molar-refractivity contribution in [2.24, 2.45) is 5.73 Å². The van der Waals surface area contributed by atoms with Gasteiger partial charge in [0.2, 0.25) is 11.8 Å². The monoisotopic (exact) mass is 306 g/mol. The van der Waals surface area contributed by atoms with E-state index in [4.69, 9.17) is 5.73 Å². The third-order valence-corrected chi connectivity index (χ3v) is 3.92. The van der Waals surface area contributed by atoms with Crippen molar-refractivity contribution in [1.29, 1.82) is 0 Å². The van der Waals surface area contributed by atoms with Crippen LogP contribution >= 0.6 is 11.3 Å². The Labute approximate surface area is 126 Å². The molecule has 0 saturated carbocycles. The number of para-hydroxylation sites is 1. The first kappa shape index (κ1) is 15.4. The molecule has 0 saturated heterocycles. The topological polar surface area (TPSA) is 97.1 Å². The van der Waals surface area contributed by atoms with E-state index < -0.39 is 0 Å². The van der Waals surface area contributed by atoms with Gasteiger partial charge >= 0.3 is 0 Å². The maximum absolute atomic E-state index is 11.7. The number of nitrogens with one attached hydrogen (secondary N) is 2. The van der Waals surface area contributed by atoms with Gasteiger partial charge in [0.1, 0.15) is 0 Å². The summed E-state index contributed by atoms with van der Waals surface area (Å²) in [5, 5.41) is 6.24. The van der Waals surface area contributed by atoms with Gasteiger partial charge in [-0.25, -0.2) is 4.98 Å². The Balaban J connectivity index is 1.85. The van der Waals surface area contributed by atoms with E-state index in [1.54, 1.807) is 11.3 Å². The van der Waals surface area contributed by atoms with Gasteiger partial charge in [-0.2, -0.15) is 0 Å². The standard InChI is InChI=1S/C14H18N4O2S/c1-9(17-13(20)8-16-12(19)7-15)6-14-18-10-4-2-3-5-11(10)21-14/h2-5,9H,6-8,15H2,1H3,(H,16,19)(H,17,20). The van der Waals surface area contributed by atoms with Crippen LogP contribution in [0.4, 0.5) is 0 Å². The fourth-order valence-electron chi connectivity index (χ4n) is 1.90. The zero-order chi connectivity index (χ0) is 15.2. The van der Waals surface area contributed by atoms with Gasteiger partial charge in [-0.15, -0.1) is 11.3 Å². The third kappa shape index (κ3) is 4.51. The van der Waals surface area contributed by atoms with E-state index in [0.29, 0.717) is 6.42 Å². The minimum absolute atomic E-state index is 0.0483. The van der Waals surface area contributed by atoms with Crippen molar-refractivity contribution in [1.82, 2.24) is 15.6 Å². The average Bonchev–Trinajstić information content (AvgIpc) is 2.86. The fraction of sp³-hybridized carbons (Fsp3) is 0.357. The Morgan fingerprint density at radius 2 is 2.10 bits per heavy atom. The normalized spacial score (nSPS) is 12.1. The highest BCUT2D eigenvalue weighted by molar-refractivity contribution is 7.18. The molecular formula is C14H18N4O2S. The lowest BCUT2D eigenvalue weighted by Gasteiger charge is -2.12. The lowest BCUT2D eigenvalue weighted by Crippen LogP contribution is -2.43. The predicted octanol–water partition coefficient (Wildman–Crippen LogP) is 0.418. The van der Waals surface area contributed by atoms with Gasteiger partial charge in [-0.3, -0.25) is 9.59 Å². The number of nitrogens with two attached hydrogens (primary N) is 1.